The number of aryl methyl sites for hydroxylation is 1. The molecule has 17 heavy (non-hydrogen) atoms. The van der Waals surface area contributed by atoms with Gasteiger partial charge in [0, 0.05) is 13.6 Å². The van der Waals surface area contributed by atoms with Crippen LogP contribution in [0.15, 0.2) is 12.5 Å². The minimum absolute atomic E-state index is 0.494. The Morgan fingerprint density at radius 3 is 2.94 bits per heavy atom. The molecule has 0 bridgehead atoms. The third kappa shape index (κ3) is 1.75. The van der Waals surface area contributed by atoms with E-state index in [1.54, 1.807) is 11.0 Å². The third-order valence-corrected chi connectivity index (χ3v) is 3.76. The number of hydrogen-bond acceptors (Lipinski definition) is 4. The maximum atomic E-state index is 4.29. The summed E-state index contributed by atoms with van der Waals surface area (Å²) in [7, 11) is 1.89. The second-order valence-corrected chi connectivity index (χ2v) is 5.50. The second kappa shape index (κ2) is 3.42. The Kier molecular flexibility index (Phi) is 2.11. The summed E-state index contributed by atoms with van der Waals surface area (Å²) in [5, 5.41) is 8.61. The van der Waals surface area contributed by atoms with Crippen molar-refractivity contribution < 1.29 is 0 Å². The highest BCUT2D eigenvalue weighted by atomic mass is 15.3. The predicted molar refractivity (Wildman–Crippen MR) is 66.7 cm³/mol. The van der Waals surface area contributed by atoms with Crippen LogP contribution in [0.1, 0.15) is 20.3 Å². The molecule has 2 heterocycles. The van der Waals surface area contributed by atoms with Gasteiger partial charge in [-0.1, -0.05) is 13.8 Å². The van der Waals surface area contributed by atoms with Gasteiger partial charge in [0.25, 0.3) is 0 Å². The summed E-state index contributed by atoms with van der Waals surface area (Å²) < 4.78 is 1.77. The lowest BCUT2D eigenvalue weighted by Crippen LogP contribution is -2.08. The van der Waals surface area contributed by atoms with Gasteiger partial charge in [-0.3, -0.25) is 4.68 Å². The average Bonchev–Trinajstić information content (AvgIpc) is 2.71. The molecule has 5 heteroatoms. The van der Waals surface area contributed by atoms with E-state index in [1.165, 1.54) is 6.42 Å². The number of aromatic nitrogens is 4. The highest BCUT2D eigenvalue weighted by Gasteiger charge is 2.45. The van der Waals surface area contributed by atoms with Crippen LogP contribution in [0.3, 0.4) is 0 Å². The Morgan fingerprint density at radius 2 is 2.24 bits per heavy atom. The quantitative estimate of drug-likeness (QED) is 0.875. The number of nitrogens with zero attached hydrogens (tertiary/aromatic N) is 4. The molecular formula is C12H17N5. The van der Waals surface area contributed by atoms with Crippen LogP contribution in [0.4, 0.5) is 5.82 Å². The number of anilines is 1. The van der Waals surface area contributed by atoms with Gasteiger partial charge in [0.1, 0.15) is 12.1 Å². The second-order valence-electron chi connectivity index (χ2n) is 5.50. The first-order valence-corrected chi connectivity index (χ1v) is 5.94. The van der Waals surface area contributed by atoms with E-state index in [2.05, 4.69) is 34.2 Å². The number of rotatable bonds is 3. The smallest absolute Gasteiger partial charge is 0.163 e. The molecule has 1 unspecified atom stereocenters. The Morgan fingerprint density at radius 1 is 1.47 bits per heavy atom. The molecule has 5 nitrogen and oxygen atoms in total. The fourth-order valence-corrected chi connectivity index (χ4v) is 2.25. The van der Waals surface area contributed by atoms with Crippen molar-refractivity contribution in [3.05, 3.63) is 12.5 Å². The summed E-state index contributed by atoms with van der Waals surface area (Å²) in [6.45, 7) is 5.59. The summed E-state index contributed by atoms with van der Waals surface area (Å²) >= 11 is 0. The number of fused-ring (bicyclic) bond motifs is 1. The molecule has 0 amide bonds. The lowest BCUT2D eigenvalue weighted by molar-refractivity contribution is 0.573. The van der Waals surface area contributed by atoms with Gasteiger partial charge in [-0.05, 0) is 17.8 Å². The van der Waals surface area contributed by atoms with Crippen molar-refractivity contribution in [3.63, 3.8) is 0 Å². The molecule has 0 aliphatic heterocycles. The molecule has 1 atom stereocenters. The molecule has 0 spiro atoms. The summed E-state index contributed by atoms with van der Waals surface area (Å²) in [5.41, 5.74) is 1.37. The zero-order chi connectivity index (χ0) is 12.0. The van der Waals surface area contributed by atoms with Crippen LogP contribution >= 0.6 is 0 Å². The van der Waals surface area contributed by atoms with Crippen LogP contribution in [0.5, 0.6) is 0 Å². The van der Waals surface area contributed by atoms with Crippen LogP contribution in [-0.2, 0) is 7.05 Å². The first-order valence-electron chi connectivity index (χ1n) is 5.94. The first-order chi connectivity index (χ1) is 8.08. The topological polar surface area (TPSA) is 55.6 Å². The maximum absolute atomic E-state index is 4.29. The number of nitrogens with one attached hydrogen (secondary N) is 1. The molecule has 2 aromatic heterocycles. The number of hydrogen-bond donors (Lipinski definition) is 1. The molecule has 1 N–H and O–H groups in total. The van der Waals surface area contributed by atoms with Crippen molar-refractivity contribution in [2.75, 3.05) is 11.9 Å². The zero-order valence-corrected chi connectivity index (χ0v) is 10.4. The first kappa shape index (κ1) is 10.5. The van der Waals surface area contributed by atoms with E-state index in [0.717, 1.165) is 29.3 Å². The van der Waals surface area contributed by atoms with Gasteiger partial charge in [0.05, 0.1) is 11.6 Å². The molecule has 2 aromatic rings. The standard InChI is InChI=1S/C12H17N5/c1-12(2)4-8(12)5-13-10-9-6-16-17(3)11(9)15-7-14-10/h6-8H,4-5H2,1-3H3,(H,13,14,15). The summed E-state index contributed by atoms with van der Waals surface area (Å²) in [4.78, 5) is 8.51. The minimum Gasteiger partial charge on any atom is -0.369 e. The molecule has 90 valence electrons. The van der Waals surface area contributed by atoms with Gasteiger partial charge in [0.2, 0.25) is 0 Å². The Labute approximate surface area is 100 Å². The zero-order valence-electron chi connectivity index (χ0n) is 10.4. The van der Waals surface area contributed by atoms with Gasteiger partial charge in [0.15, 0.2) is 5.65 Å². The van der Waals surface area contributed by atoms with Gasteiger partial charge in [-0.15, -0.1) is 0 Å². The molecule has 0 saturated heterocycles. The summed E-state index contributed by atoms with van der Waals surface area (Å²) in [5.74, 6) is 1.65. The maximum Gasteiger partial charge on any atom is 0.163 e. The Bertz CT molecular complexity index is 557. The van der Waals surface area contributed by atoms with E-state index >= 15 is 0 Å². The molecule has 1 aliphatic rings. The van der Waals surface area contributed by atoms with Gasteiger partial charge >= 0.3 is 0 Å². The molecule has 1 saturated carbocycles. The van der Waals surface area contributed by atoms with E-state index in [4.69, 9.17) is 0 Å². The van der Waals surface area contributed by atoms with E-state index < -0.39 is 0 Å². The van der Waals surface area contributed by atoms with Crippen molar-refractivity contribution in [2.45, 2.75) is 20.3 Å². The van der Waals surface area contributed by atoms with Crippen molar-refractivity contribution >= 4 is 16.9 Å². The largest absolute Gasteiger partial charge is 0.369 e. The lowest BCUT2D eigenvalue weighted by atomic mass is 10.1. The molecular weight excluding hydrogens is 214 g/mol. The minimum atomic E-state index is 0.494. The van der Waals surface area contributed by atoms with Crippen LogP contribution in [0.25, 0.3) is 11.0 Å². The Balaban J connectivity index is 1.81. The molecule has 1 aliphatic carbocycles. The highest BCUT2D eigenvalue weighted by Crippen LogP contribution is 2.51. The average molecular weight is 231 g/mol. The van der Waals surface area contributed by atoms with Crippen LogP contribution in [0, 0.1) is 11.3 Å². The fourth-order valence-electron chi connectivity index (χ4n) is 2.25. The van der Waals surface area contributed by atoms with Gasteiger partial charge < -0.3 is 5.32 Å². The van der Waals surface area contributed by atoms with Crippen molar-refractivity contribution in [2.24, 2.45) is 18.4 Å². The van der Waals surface area contributed by atoms with Gasteiger partial charge in [-0.25, -0.2) is 9.97 Å². The third-order valence-electron chi connectivity index (χ3n) is 3.76. The molecule has 0 radical (unpaired) electrons. The van der Waals surface area contributed by atoms with Crippen LogP contribution < -0.4 is 5.32 Å². The fraction of sp³-hybridized carbons (Fsp3) is 0.583. The highest BCUT2D eigenvalue weighted by molar-refractivity contribution is 5.85. The summed E-state index contributed by atoms with van der Waals surface area (Å²) in [6.07, 6.45) is 4.70. The van der Waals surface area contributed by atoms with Crippen LogP contribution in [-0.4, -0.2) is 26.3 Å². The Hall–Kier alpha value is -1.65. The molecule has 3 rings (SSSR count). The SMILES string of the molecule is Cn1ncc2c(NCC3CC3(C)C)ncnc21. The van der Waals surface area contributed by atoms with Crippen LogP contribution in [0.2, 0.25) is 0 Å². The van der Waals surface area contributed by atoms with Crippen molar-refractivity contribution in [1.29, 1.82) is 0 Å². The molecule has 0 aromatic carbocycles. The lowest BCUT2D eigenvalue weighted by Gasteiger charge is -2.07. The van der Waals surface area contributed by atoms with Gasteiger partial charge in [-0.2, -0.15) is 5.10 Å². The van der Waals surface area contributed by atoms with E-state index in [1.807, 2.05) is 13.2 Å². The van der Waals surface area contributed by atoms with E-state index in [9.17, 15) is 0 Å². The monoisotopic (exact) mass is 231 g/mol. The molecule has 1 fully saturated rings. The predicted octanol–water partition coefficient (Wildman–Crippen LogP) is 1.82. The van der Waals surface area contributed by atoms with E-state index in [0.29, 0.717) is 5.41 Å². The van der Waals surface area contributed by atoms with Crippen molar-refractivity contribution in [3.8, 4) is 0 Å². The normalized spacial score (nSPS) is 21.7. The van der Waals surface area contributed by atoms with Crippen molar-refractivity contribution in [1.82, 2.24) is 19.7 Å². The summed E-state index contributed by atoms with van der Waals surface area (Å²) in [6, 6.07) is 0. The van der Waals surface area contributed by atoms with E-state index in [-0.39, 0.29) is 0 Å².